The molecule has 0 aliphatic carbocycles. The van der Waals surface area contributed by atoms with Crippen LogP contribution in [0.4, 0.5) is 5.69 Å². The number of nitrogens with one attached hydrogen (secondary N) is 1. The summed E-state index contributed by atoms with van der Waals surface area (Å²) in [5.41, 5.74) is 0.612. The number of hydrogen-bond donors (Lipinski definition) is 2. The van der Waals surface area contributed by atoms with Gasteiger partial charge in [-0.05, 0) is 50.9 Å². The quantitative estimate of drug-likeness (QED) is 0.770. The van der Waals surface area contributed by atoms with E-state index in [4.69, 9.17) is 16.3 Å². The van der Waals surface area contributed by atoms with Crippen LogP contribution in [0, 0.1) is 6.92 Å². The predicted octanol–water partition coefficient (Wildman–Crippen LogP) is 2.62. The SMILES string of the molecule is Cc1nn(C)cc1NC(=O)CN1CCCC(O)(COc2cccc(Cl)c2)CC1. The minimum absolute atomic E-state index is 0.0725. The second kappa shape index (κ2) is 8.94. The van der Waals surface area contributed by atoms with E-state index in [9.17, 15) is 9.90 Å². The largest absolute Gasteiger partial charge is 0.491 e. The van der Waals surface area contributed by atoms with Gasteiger partial charge in [0.2, 0.25) is 5.91 Å². The topological polar surface area (TPSA) is 79.6 Å². The van der Waals surface area contributed by atoms with E-state index in [1.165, 1.54) is 0 Å². The van der Waals surface area contributed by atoms with Gasteiger partial charge in [-0.15, -0.1) is 0 Å². The maximum atomic E-state index is 12.4. The van der Waals surface area contributed by atoms with Crippen LogP contribution in [0.15, 0.2) is 30.5 Å². The van der Waals surface area contributed by atoms with Crippen molar-refractivity contribution in [1.29, 1.82) is 0 Å². The second-order valence-corrected chi connectivity index (χ2v) is 7.89. The molecule has 1 amide bonds. The minimum atomic E-state index is -0.909. The molecule has 1 aromatic carbocycles. The van der Waals surface area contributed by atoms with Gasteiger partial charge in [0.15, 0.2) is 0 Å². The Morgan fingerprint density at radius 3 is 2.93 bits per heavy atom. The van der Waals surface area contributed by atoms with Gasteiger partial charge in [-0.25, -0.2) is 0 Å². The van der Waals surface area contributed by atoms with Gasteiger partial charge < -0.3 is 15.2 Å². The molecule has 0 bridgehead atoms. The Balaban J connectivity index is 1.49. The number of nitrogens with zero attached hydrogens (tertiary/aromatic N) is 3. The number of hydrogen-bond acceptors (Lipinski definition) is 5. The minimum Gasteiger partial charge on any atom is -0.491 e. The first-order valence-electron chi connectivity index (χ1n) is 9.46. The fraction of sp³-hybridized carbons (Fsp3) is 0.500. The van der Waals surface area contributed by atoms with Crippen molar-refractivity contribution in [3.05, 3.63) is 41.2 Å². The smallest absolute Gasteiger partial charge is 0.238 e. The molecule has 0 spiro atoms. The highest BCUT2D eigenvalue weighted by molar-refractivity contribution is 6.30. The number of halogens is 1. The summed E-state index contributed by atoms with van der Waals surface area (Å²) in [4.78, 5) is 14.4. The molecule has 2 heterocycles. The molecule has 2 aromatic rings. The van der Waals surface area contributed by atoms with Crippen LogP contribution in [0.25, 0.3) is 0 Å². The predicted molar refractivity (Wildman–Crippen MR) is 109 cm³/mol. The number of amides is 1. The highest BCUT2D eigenvalue weighted by Crippen LogP contribution is 2.25. The summed E-state index contributed by atoms with van der Waals surface area (Å²) in [6, 6.07) is 7.16. The molecule has 1 fully saturated rings. The number of anilines is 1. The van der Waals surface area contributed by atoms with Crippen LogP contribution in [-0.2, 0) is 11.8 Å². The number of aryl methyl sites for hydroxylation is 2. The average molecular weight is 407 g/mol. The maximum absolute atomic E-state index is 12.4. The molecule has 152 valence electrons. The van der Waals surface area contributed by atoms with Crippen LogP contribution in [-0.4, -0.2) is 57.5 Å². The summed E-state index contributed by atoms with van der Waals surface area (Å²) < 4.78 is 7.43. The lowest BCUT2D eigenvalue weighted by molar-refractivity contribution is -0.117. The van der Waals surface area contributed by atoms with Crippen LogP contribution < -0.4 is 10.1 Å². The van der Waals surface area contributed by atoms with E-state index >= 15 is 0 Å². The molecular formula is C20H27ClN4O3. The van der Waals surface area contributed by atoms with Crippen molar-refractivity contribution in [1.82, 2.24) is 14.7 Å². The number of rotatable bonds is 6. The zero-order chi connectivity index (χ0) is 20.1. The van der Waals surface area contributed by atoms with Crippen molar-refractivity contribution >= 4 is 23.2 Å². The molecule has 1 aliphatic rings. The zero-order valence-electron chi connectivity index (χ0n) is 16.3. The third-order valence-corrected chi connectivity index (χ3v) is 5.20. The number of benzene rings is 1. The molecule has 2 N–H and O–H groups in total. The van der Waals surface area contributed by atoms with Crippen molar-refractivity contribution in [2.75, 3.05) is 31.6 Å². The van der Waals surface area contributed by atoms with Crippen LogP contribution in [0.1, 0.15) is 25.0 Å². The molecule has 1 saturated heterocycles. The molecular weight excluding hydrogens is 380 g/mol. The van der Waals surface area contributed by atoms with Crippen molar-refractivity contribution in [2.24, 2.45) is 7.05 Å². The van der Waals surface area contributed by atoms with Crippen LogP contribution in [0.3, 0.4) is 0 Å². The lowest BCUT2D eigenvalue weighted by Gasteiger charge is -2.27. The fourth-order valence-corrected chi connectivity index (χ4v) is 3.61. The third-order valence-electron chi connectivity index (χ3n) is 4.97. The van der Waals surface area contributed by atoms with Gasteiger partial charge in [-0.1, -0.05) is 17.7 Å². The maximum Gasteiger partial charge on any atom is 0.238 e. The first-order chi connectivity index (χ1) is 13.3. The fourth-order valence-electron chi connectivity index (χ4n) is 3.43. The third kappa shape index (κ3) is 5.70. The van der Waals surface area contributed by atoms with Crippen molar-refractivity contribution in [3.63, 3.8) is 0 Å². The van der Waals surface area contributed by atoms with E-state index in [2.05, 4.69) is 15.3 Å². The summed E-state index contributed by atoms with van der Waals surface area (Å²) in [7, 11) is 1.82. The normalized spacial score (nSPS) is 20.6. The van der Waals surface area contributed by atoms with E-state index in [-0.39, 0.29) is 12.5 Å². The van der Waals surface area contributed by atoms with Crippen molar-refractivity contribution in [3.8, 4) is 5.75 Å². The van der Waals surface area contributed by atoms with Crippen molar-refractivity contribution in [2.45, 2.75) is 31.8 Å². The molecule has 1 unspecified atom stereocenters. The lowest BCUT2D eigenvalue weighted by Crippen LogP contribution is -2.38. The Bertz CT molecular complexity index is 826. The molecule has 1 aromatic heterocycles. The van der Waals surface area contributed by atoms with Gasteiger partial charge in [-0.3, -0.25) is 14.4 Å². The summed E-state index contributed by atoms with van der Waals surface area (Å²) in [6.45, 7) is 3.76. The summed E-state index contributed by atoms with van der Waals surface area (Å²) in [5, 5.41) is 18.7. The van der Waals surface area contributed by atoms with Crippen LogP contribution in [0.5, 0.6) is 5.75 Å². The average Bonchev–Trinajstić information content (AvgIpc) is 2.83. The Morgan fingerprint density at radius 2 is 2.21 bits per heavy atom. The molecule has 8 heteroatoms. The monoisotopic (exact) mass is 406 g/mol. The first kappa shape index (κ1) is 20.6. The van der Waals surface area contributed by atoms with Gasteiger partial charge in [-0.2, -0.15) is 5.10 Å². The molecule has 28 heavy (non-hydrogen) atoms. The van der Waals surface area contributed by atoms with E-state index < -0.39 is 5.60 Å². The first-order valence-corrected chi connectivity index (χ1v) is 9.84. The molecule has 1 aliphatic heterocycles. The molecule has 0 saturated carbocycles. The van der Waals surface area contributed by atoms with Gasteiger partial charge in [0.1, 0.15) is 12.4 Å². The number of likely N-dealkylation sites (tertiary alicyclic amines) is 1. The summed E-state index contributed by atoms with van der Waals surface area (Å²) in [6.07, 6.45) is 3.77. The number of carbonyl (C=O) groups is 1. The second-order valence-electron chi connectivity index (χ2n) is 7.45. The van der Waals surface area contributed by atoms with Gasteiger partial charge in [0, 0.05) is 24.8 Å². The molecule has 3 rings (SSSR count). The highest BCUT2D eigenvalue weighted by atomic mass is 35.5. The molecule has 0 radical (unpaired) electrons. The van der Waals surface area contributed by atoms with Crippen LogP contribution in [0.2, 0.25) is 5.02 Å². The number of aliphatic hydroxyl groups is 1. The van der Waals surface area contributed by atoms with E-state index in [0.717, 1.165) is 24.3 Å². The standard InChI is InChI=1S/C20H27ClN4O3/c1-15-18(12-24(2)23-15)22-19(26)13-25-9-4-7-20(27,8-10-25)14-28-17-6-3-5-16(21)11-17/h3,5-6,11-12,27H,4,7-10,13-14H2,1-2H3,(H,22,26). The molecule has 7 nitrogen and oxygen atoms in total. The summed E-state index contributed by atoms with van der Waals surface area (Å²) >= 11 is 5.97. The Labute approximate surface area is 170 Å². The van der Waals surface area contributed by atoms with E-state index in [0.29, 0.717) is 36.7 Å². The van der Waals surface area contributed by atoms with E-state index in [1.807, 2.05) is 26.1 Å². The Kier molecular flexibility index (Phi) is 6.59. The number of carbonyl (C=O) groups excluding carboxylic acids is 1. The number of ether oxygens (including phenoxy) is 1. The number of aromatic nitrogens is 2. The molecule has 1 atom stereocenters. The van der Waals surface area contributed by atoms with E-state index in [1.54, 1.807) is 23.0 Å². The van der Waals surface area contributed by atoms with Crippen molar-refractivity contribution < 1.29 is 14.6 Å². The van der Waals surface area contributed by atoms with Crippen LogP contribution >= 0.6 is 11.6 Å². The van der Waals surface area contributed by atoms with Gasteiger partial charge in [0.25, 0.3) is 0 Å². The lowest BCUT2D eigenvalue weighted by atomic mass is 9.96. The Hall–Kier alpha value is -2.09. The Morgan fingerprint density at radius 1 is 1.39 bits per heavy atom. The van der Waals surface area contributed by atoms with Gasteiger partial charge in [0.05, 0.1) is 23.5 Å². The highest BCUT2D eigenvalue weighted by Gasteiger charge is 2.31. The summed E-state index contributed by atoms with van der Waals surface area (Å²) in [5.74, 6) is 0.574. The van der Waals surface area contributed by atoms with Gasteiger partial charge >= 0.3 is 0 Å². The zero-order valence-corrected chi connectivity index (χ0v) is 17.1.